The van der Waals surface area contributed by atoms with E-state index in [-0.39, 0.29) is 6.17 Å². The minimum absolute atomic E-state index is 0.384. The van der Waals surface area contributed by atoms with Crippen LogP contribution < -0.4 is 11.1 Å². The molecule has 0 radical (unpaired) electrons. The van der Waals surface area contributed by atoms with E-state index in [1.807, 2.05) is 0 Å². The second kappa shape index (κ2) is 1.60. The summed E-state index contributed by atoms with van der Waals surface area (Å²) in [5, 5.41) is 2.42. The lowest BCUT2D eigenvalue weighted by Gasteiger charge is -2.18. The average molecular weight is 130 g/mol. The molecule has 0 aliphatic carbocycles. The number of ether oxygens (including phenoxy) is 1. The van der Waals surface area contributed by atoms with E-state index >= 15 is 0 Å². The number of carbonyl (C=O) groups excluding carboxylic acids is 1. The summed E-state index contributed by atoms with van der Waals surface area (Å²) < 4.78 is 4.79. The number of nitrogens with two attached hydrogens (primary N) is 1. The van der Waals surface area contributed by atoms with Crippen LogP contribution in [0.2, 0.25) is 0 Å². The molecule has 0 aromatic rings. The third kappa shape index (κ3) is 0.977. The van der Waals surface area contributed by atoms with Gasteiger partial charge < -0.3 is 15.8 Å². The number of nitrogens with one attached hydrogen (secondary N) is 1. The van der Waals surface area contributed by atoms with Crippen molar-refractivity contribution in [2.24, 2.45) is 5.73 Å². The van der Waals surface area contributed by atoms with Gasteiger partial charge in [-0.15, -0.1) is 0 Å². The third-order valence-electron chi connectivity index (χ3n) is 1.38. The minimum Gasteiger partial charge on any atom is -0.440 e. The monoisotopic (exact) mass is 130 g/mol. The highest BCUT2D eigenvalue weighted by molar-refractivity contribution is 5.70. The molecule has 52 valence electrons. The lowest BCUT2D eigenvalue weighted by Crippen LogP contribution is -2.45. The molecule has 0 saturated carbocycles. The zero-order valence-electron chi connectivity index (χ0n) is 5.47. The summed E-state index contributed by atoms with van der Waals surface area (Å²) in [7, 11) is 0. The Morgan fingerprint density at radius 2 is 2.33 bits per heavy atom. The number of carbonyl (C=O) groups is 1. The number of alkyl carbamates (subject to hydrolysis) is 1. The molecule has 1 rings (SSSR count). The van der Waals surface area contributed by atoms with Crippen molar-refractivity contribution in [1.29, 1.82) is 0 Å². The molecule has 1 amide bonds. The van der Waals surface area contributed by atoms with Crippen molar-refractivity contribution in [3.63, 3.8) is 0 Å². The van der Waals surface area contributed by atoms with Gasteiger partial charge in [-0.1, -0.05) is 0 Å². The predicted octanol–water partition coefficient (Wildman–Crippen LogP) is -0.210. The van der Waals surface area contributed by atoms with E-state index in [1.165, 1.54) is 0 Å². The molecule has 1 aliphatic rings. The Morgan fingerprint density at radius 3 is 2.44 bits per heavy atom. The van der Waals surface area contributed by atoms with Crippen molar-refractivity contribution in [3.8, 4) is 0 Å². The van der Waals surface area contributed by atoms with E-state index in [1.54, 1.807) is 13.8 Å². The summed E-state index contributed by atoms with van der Waals surface area (Å²) >= 11 is 0. The SMILES string of the molecule is CC1(C)OC(=O)NC1N. The van der Waals surface area contributed by atoms with E-state index in [0.717, 1.165) is 0 Å². The largest absolute Gasteiger partial charge is 0.440 e. The first-order valence-corrected chi connectivity index (χ1v) is 2.77. The van der Waals surface area contributed by atoms with Crippen LogP contribution >= 0.6 is 0 Å². The summed E-state index contributed by atoms with van der Waals surface area (Å²) in [4.78, 5) is 10.5. The highest BCUT2D eigenvalue weighted by atomic mass is 16.6. The summed E-state index contributed by atoms with van der Waals surface area (Å²) in [5.74, 6) is 0. The van der Waals surface area contributed by atoms with Crippen LogP contribution in [0.1, 0.15) is 13.8 Å². The summed E-state index contributed by atoms with van der Waals surface area (Å²) in [6.07, 6.45) is -0.822. The first kappa shape index (κ1) is 6.35. The van der Waals surface area contributed by atoms with Crippen molar-refractivity contribution in [1.82, 2.24) is 5.32 Å². The Balaban J connectivity index is 2.69. The fourth-order valence-electron chi connectivity index (χ4n) is 0.633. The van der Waals surface area contributed by atoms with Crippen molar-refractivity contribution in [2.45, 2.75) is 25.6 Å². The number of hydrogen-bond acceptors (Lipinski definition) is 3. The molecule has 4 heteroatoms. The van der Waals surface area contributed by atoms with Crippen LogP contribution in [0.25, 0.3) is 0 Å². The Morgan fingerprint density at radius 1 is 1.78 bits per heavy atom. The number of amides is 1. The zero-order valence-corrected chi connectivity index (χ0v) is 5.47. The molecule has 1 aliphatic heterocycles. The van der Waals surface area contributed by atoms with Gasteiger partial charge >= 0.3 is 6.09 Å². The third-order valence-corrected chi connectivity index (χ3v) is 1.38. The molecular formula is C5H10N2O2. The van der Waals surface area contributed by atoms with Gasteiger partial charge in [-0.05, 0) is 13.8 Å². The fourth-order valence-corrected chi connectivity index (χ4v) is 0.633. The second-order valence-corrected chi connectivity index (χ2v) is 2.61. The number of rotatable bonds is 0. The van der Waals surface area contributed by atoms with Crippen LogP contribution in [0.15, 0.2) is 0 Å². The highest BCUT2D eigenvalue weighted by Crippen LogP contribution is 2.16. The van der Waals surface area contributed by atoms with Crippen LogP contribution in [0.3, 0.4) is 0 Å². The molecule has 4 nitrogen and oxygen atoms in total. The Kier molecular flexibility index (Phi) is 1.13. The van der Waals surface area contributed by atoms with E-state index in [9.17, 15) is 4.79 Å². The van der Waals surface area contributed by atoms with E-state index in [2.05, 4.69) is 5.32 Å². The topological polar surface area (TPSA) is 64.3 Å². The number of cyclic esters (lactones) is 1. The molecule has 3 N–H and O–H groups in total. The molecule has 0 spiro atoms. The van der Waals surface area contributed by atoms with Crippen LogP contribution in [0.4, 0.5) is 4.79 Å². The van der Waals surface area contributed by atoms with Gasteiger partial charge in [0.25, 0.3) is 0 Å². The van der Waals surface area contributed by atoms with Gasteiger partial charge in [0.05, 0.1) is 0 Å². The normalized spacial score (nSPS) is 31.4. The first-order valence-electron chi connectivity index (χ1n) is 2.77. The standard InChI is InChI=1S/C5H10N2O2/c1-5(2)3(6)7-4(8)9-5/h3H,6H2,1-2H3,(H,7,8). The minimum atomic E-state index is -0.558. The smallest absolute Gasteiger partial charge is 0.409 e. The Hall–Kier alpha value is -0.770. The Bertz CT molecular complexity index is 144. The maximum absolute atomic E-state index is 10.5. The lowest BCUT2D eigenvalue weighted by atomic mass is 10.1. The Labute approximate surface area is 53.4 Å². The first-order chi connectivity index (χ1) is 4.02. The van der Waals surface area contributed by atoms with Crippen molar-refractivity contribution in [3.05, 3.63) is 0 Å². The molecule has 1 saturated heterocycles. The summed E-state index contributed by atoms with van der Waals surface area (Å²) in [6.45, 7) is 3.52. The van der Waals surface area contributed by atoms with E-state index < -0.39 is 11.7 Å². The van der Waals surface area contributed by atoms with Gasteiger partial charge in [0.1, 0.15) is 11.8 Å². The molecular weight excluding hydrogens is 120 g/mol. The van der Waals surface area contributed by atoms with Crippen LogP contribution in [-0.4, -0.2) is 17.9 Å². The van der Waals surface area contributed by atoms with Crippen LogP contribution in [0, 0.1) is 0 Å². The maximum Gasteiger partial charge on any atom is 0.409 e. The van der Waals surface area contributed by atoms with Crippen LogP contribution in [-0.2, 0) is 4.74 Å². The molecule has 1 fully saturated rings. The van der Waals surface area contributed by atoms with Gasteiger partial charge in [-0.2, -0.15) is 0 Å². The zero-order chi connectivity index (χ0) is 7.07. The molecule has 1 unspecified atom stereocenters. The van der Waals surface area contributed by atoms with E-state index in [0.29, 0.717) is 0 Å². The molecule has 1 heterocycles. The van der Waals surface area contributed by atoms with Gasteiger partial charge in [-0.3, -0.25) is 0 Å². The molecule has 0 bridgehead atoms. The van der Waals surface area contributed by atoms with E-state index in [4.69, 9.17) is 10.5 Å². The lowest BCUT2D eigenvalue weighted by molar-refractivity contribution is 0.0696. The summed E-state index contributed by atoms with van der Waals surface area (Å²) in [6, 6.07) is 0. The van der Waals surface area contributed by atoms with Gasteiger partial charge in [-0.25, -0.2) is 4.79 Å². The van der Waals surface area contributed by atoms with Gasteiger partial charge in [0, 0.05) is 0 Å². The van der Waals surface area contributed by atoms with Crippen molar-refractivity contribution in [2.75, 3.05) is 0 Å². The van der Waals surface area contributed by atoms with Crippen molar-refractivity contribution < 1.29 is 9.53 Å². The summed E-state index contributed by atoms with van der Waals surface area (Å²) in [5.41, 5.74) is 4.89. The maximum atomic E-state index is 10.5. The van der Waals surface area contributed by atoms with Crippen molar-refractivity contribution >= 4 is 6.09 Å². The van der Waals surface area contributed by atoms with Gasteiger partial charge in [0.2, 0.25) is 0 Å². The fraction of sp³-hybridized carbons (Fsp3) is 0.800. The quantitative estimate of drug-likeness (QED) is 0.477. The average Bonchev–Trinajstić information content (AvgIpc) is 1.79. The molecule has 0 aromatic heterocycles. The van der Waals surface area contributed by atoms with Crippen LogP contribution in [0.5, 0.6) is 0 Å². The highest BCUT2D eigenvalue weighted by Gasteiger charge is 2.38. The van der Waals surface area contributed by atoms with Gasteiger partial charge in [0.15, 0.2) is 0 Å². The second-order valence-electron chi connectivity index (χ2n) is 2.61. The molecule has 0 aromatic carbocycles. The predicted molar refractivity (Wildman–Crippen MR) is 31.7 cm³/mol. The molecule has 1 atom stereocenters. The number of hydrogen-bond donors (Lipinski definition) is 2. The molecule has 9 heavy (non-hydrogen) atoms.